The van der Waals surface area contributed by atoms with Crippen molar-refractivity contribution in [3.8, 4) is 0 Å². The van der Waals surface area contributed by atoms with Crippen molar-refractivity contribution < 1.29 is 27.5 Å². The lowest BCUT2D eigenvalue weighted by molar-refractivity contribution is -0.118. The molecule has 3 rings (SSSR count). The Hall–Kier alpha value is -3.62. The average molecular weight is 445 g/mol. The number of halogens is 3. The number of ether oxygens (including phenoxy) is 1. The van der Waals surface area contributed by atoms with Crippen LogP contribution in [0.4, 0.5) is 23.7 Å². The molecule has 2 aromatic carbocycles. The third-order valence-electron chi connectivity index (χ3n) is 4.35. The Morgan fingerprint density at radius 2 is 1.72 bits per heavy atom. The predicted molar refractivity (Wildman–Crippen MR) is 114 cm³/mol. The number of benzene rings is 2. The van der Waals surface area contributed by atoms with Gasteiger partial charge in [0.15, 0.2) is 17.5 Å². The number of amides is 2. The quantitative estimate of drug-likeness (QED) is 0.557. The van der Waals surface area contributed by atoms with Gasteiger partial charge >= 0.3 is 6.09 Å². The molecule has 0 aliphatic heterocycles. The number of nitrogens with zero attached hydrogens (tertiary/aromatic N) is 1. The molecule has 1 heterocycles. The first-order chi connectivity index (χ1) is 15.0. The summed E-state index contributed by atoms with van der Waals surface area (Å²) in [5.41, 5.74) is 0.239. The SMILES string of the molecule is CC(C)(C)OC(=O)NC(Cc1cc(F)c(F)c(F)c1)C(=O)Nc1cnc2ccccc2c1. The van der Waals surface area contributed by atoms with Gasteiger partial charge in [0.05, 0.1) is 17.4 Å². The molecule has 168 valence electrons. The highest BCUT2D eigenvalue weighted by Gasteiger charge is 2.26. The number of nitrogens with one attached hydrogen (secondary N) is 2. The number of fused-ring (bicyclic) bond motifs is 1. The second-order valence-electron chi connectivity index (χ2n) is 8.18. The van der Waals surface area contributed by atoms with E-state index in [2.05, 4.69) is 15.6 Å². The Bertz CT molecular complexity index is 1140. The zero-order valence-corrected chi connectivity index (χ0v) is 17.7. The van der Waals surface area contributed by atoms with Gasteiger partial charge in [0.25, 0.3) is 0 Å². The molecule has 0 fully saturated rings. The van der Waals surface area contributed by atoms with Crippen molar-refractivity contribution in [2.75, 3.05) is 5.32 Å². The van der Waals surface area contributed by atoms with Crippen molar-refractivity contribution in [2.45, 2.75) is 38.8 Å². The van der Waals surface area contributed by atoms with E-state index in [9.17, 15) is 22.8 Å². The van der Waals surface area contributed by atoms with Crippen LogP contribution in [0.5, 0.6) is 0 Å². The highest BCUT2D eigenvalue weighted by Crippen LogP contribution is 2.18. The van der Waals surface area contributed by atoms with E-state index in [-0.39, 0.29) is 12.0 Å². The highest BCUT2D eigenvalue weighted by atomic mass is 19.2. The maximum Gasteiger partial charge on any atom is 0.408 e. The fourth-order valence-corrected chi connectivity index (χ4v) is 2.99. The van der Waals surface area contributed by atoms with Gasteiger partial charge in [-0.1, -0.05) is 18.2 Å². The summed E-state index contributed by atoms with van der Waals surface area (Å²) in [5.74, 6) is -5.07. The summed E-state index contributed by atoms with van der Waals surface area (Å²) < 4.78 is 45.7. The van der Waals surface area contributed by atoms with Crippen LogP contribution < -0.4 is 10.6 Å². The van der Waals surface area contributed by atoms with Gasteiger partial charge in [0, 0.05) is 11.8 Å². The normalized spacial score (nSPS) is 12.3. The van der Waals surface area contributed by atoms with Gasteiger partial charge in [0.1, 0.15) is 11.6 Å². The van der Waals surface area contributed by atoms with Gasteiger partial charge in [-0.3, -0.25) is 9.78 Å². The first-order valence-corrected chi connectivity index (χ1v) is 9.80. The zero-order chi connectivity index (χ0) is 23.5. The molecule has 0 bridgehead atoms. The lowest BCUT2D eigenvalue weighted by atomic mass is 10.0. The Kier molecular flexibility index (Phi) is 6.67. The number of carbonyl (C=O) groups excluding carboxylic acids is 2. The minimum Gasteiger partial charge on any atom is -0.444 e. The predicted octanol–water partition coefficient (Wildman–Crippen LogP) is 4.73. The molecule has 0 saturated heterocycles. The Morgan fingerprint density at radius 3 is 2.38 bits per heavy atom. The third-order valence-corrected chi connectivity index (χ3v) is 4.35. The molecular weight excluding hydrogens is 423 g/mol. The van der Waals surface area contributed by atoms with Crippen molar-refractivity contribution in [2.24, 2.45) is 0 Å². The number of carbonyl (C=O) groups is 2. The number of aromatic nitrogens is 1. The third kappa shape index (κ3) is 5.96. The molecule has 1 aromatic heterocycles. The van der Waals surface area contributed by atoms with Crippen LogP contribution in [0.3, 0.4) is 0 Å². The Labute approximate surface area is 182 Å². The van der Waals surface area contributed by atoms with Crippen molar-refractivity contribution in [1.29, 1.82) is 0 Å². The number of alkyl carbamates (subject to hydrolysis) is 1. The van der Waals surface area contributed by atoms with Gasteiger partial charge in [-0.15, -0.1) is 0 Å². The monoisotopic (exact) mass is 445 g/mol. The molecule has 3 aromatic rings. The second kappa shape index (κ2) is 9.25. The zero-order valence-electron chi connectivity index (χ0n) is 17.7. The molecule has 6 nitrogen and oxygen atoms in total. The topological polar surface area (TPSA) is 80.3 Å². The molecule has 0 saturated carbocycles. The molecule has 2 amide bonds. The van der Waals surface area contributed by atoms with E-state index in [4.69, 9.17) is 4.74 Å². The summed E-state index contributed by atoms with van der Waals surface area (Å²) in [7, 11) is 0. The van der Waals surface area contributed by atoms with Gasteiger partial charge in [-0.2, -0.15) is 0 Å². The number of hydrogen-bond acceptors (Lipinski definition) is 4. The van der Waals surface area contributed by atoms with Gasteiger partial charge in [-0.05, 0) is 50.6 Å². The Morgan fingerprint density at radius 1 is 1.06 bits per heavy atom. The molecule has 0 aliphatic carbocycles. The van der Waals surface area contributed by atoms with Crippen LogP contribution in [0.15, 0.2) is 48.7 Å². The van der Waals surface area contributed by atoms with E-state index in [0.29, 0.717) is 5.69 Å². The van der Waals surface area contributed by atoms with E-state index < -0.39 is 41.1 Å². The summed E-state index contributed by atoms with van der Waals surface area (Å²) >= 11 is 0. The van der Waals surface area contributed by atoms with E-state index >= 15 is 0 Å². The maximum atomic E-state index is 13.6. The standard InChI is InChI=1S/C23H22F3N3O3/c1-23(2,3)32-22(31)29-19(10-13-8-16(24)20(26)17(25)9-13)21(30)28-15-11-14-6-4-5-7-18(14)27-12-15/h4-9,11-12,19H,10H2,1-3H3,(H,28,30)(H,29,31). The minimum absolute atomic E-state index is 0.0192. The molecule has 0 aliphatic rings. The fourth-order valence-electron chi connectivity index (χ4n) is 2.99. The van der Waals surface area contributed by atoms with Gasteiger partial charge < -0.3 is 15.4 Å². The number of para-hydroxylation sites is 1. The summed E-state index contributed by atoms with van der Waals surface area (Å²) in [6, 6.07) is 9.25. The van der Waals surface area contributed by atoms with Crippen LogP contribution in [0.1, 0.15) is 26.3 Å². The molecule has 0 radical (unpaired) electrons. The molecule has 1 unspecified atom stereocenters. The van der Waals surface area contributed by atoms with Crippen molar-refractivity contribution in [3.05, 3.63) is 71.7 Å². The highest BCUT2D eigenvalue weighted by molar-refractivity contribution is 5.98. The average Bonchev–Trinajstić information content (AvgIpc) is 2.70. The fraction of sp³-hybridized carbons (Fsp3) is 0.261. The van der Waals surface area contributed by atoms with Crippen LogP contribution in [-0.4, -0.2) is 28.6 Å². The molecule has 2 N–H and O–H groups in total. The van der Waals surface area contributed by atoms with E-state index in [0.717, 1.165) is 23.0 Å². The Balaban J connectivity index is 1.84. The van der Waals surface area contributed by atoms with Crippen molar-refractivity contribution in [1.82, 2.24) is 10.3 Å². The number of anilines is 1. The molecular formula is C23H22F3N3O3. The number of hydrogen-bond donors (Lipinski definition) is 2. The molecule has 32 heavy (non-hydrogen) atoms. The summed E-state index contributed by atoms with van der Waals surface area (Å²) in [5, 5.41) is 5.81. The van der Waals surface area contributed by atoms with Crippen LogP contribution in [-0.2, 0) is 16.0 Å². The molecule has 1 atom stereocenters. The molecule has 0 spiro atoms. The van der Waals surface area contributed by atoms with Crippen molar-refractivity contribution >= 4 is 28.6 Å². The first kappa shape index (κ1) is 23.1. The lowest BCUT2D eigenvalue weighted by Crippen LogP contribution is -2.47. The lowest BCUT2D eigenvalue weighted by Gasteiger charge is -2.23. The summed E-state index contributed by atoms with van der Waals surface area (Å²) in [6.07, 6.45) is 0.250. The van der Waals surface area contributed by atoms with E-state index in [1.165, 1.54) is 6.20 Å². The second-order valence-corrected chi connectivity index (χ2v) is 8.18. The summed E-state index contributed by atoms with van der Waals surface area (Å²) in [6.45, 7) is 4.94. The largest absolute Gasteiger partial charge is 0.444 e. The van der Waals surface area contributed by atoms with Gasteiger partial charge in [0.2, 0.25) is 5.91 Å². The van der Waals surface area contributed by atoms with Crippen molar-refractivity contribution in [3.63, 3.8) is 0 Å². The van der Waals surface area contributed by atoms with E-state index in [1.54, 1.807) is 26.8 Å². The molecule has 9 heteroatoms. The van der Waals surface area contributed by atoms with Gasteiger partial charge in [-0.25, -0.2) is 18.0 Å². The first-order valence-electron chi connectivity index (χ1n) is 9.80. The van der Waals surface area contributed by atoms with Crippen LogP contribution in [0, 0.1) is 17.5 Å². The minimum atomic E-state index is -1.61. The number of pyridine rings is 1. The number of rotatable bonds is 5. The maximum absolute atomic E-state index is 13.6. The van der Waals surface area contributed by atoms with Crippen LogP contribution in [0.2, 0.25) is 0 Å². The van der Waals surface area contributed by atoms with Crippen LogP contribution >= 0.6 is 0 Å². The summed E-state index contributed by atoms with van der Waals surface area (Å²) in [4.78, 5) is 29.4. The smallest absolute Gasteiger partial charge is 0.408 e. The van der Waals surface area contributed by atoms with E-state index in [1.807, 2.05) is 24.3 Å². The van der Waals surface area contributed by atoms with Crippen LogP contribution in [0.25, 0.3) is 10.9 Å².